The summed E-state index contributed by atoms with van der Waals surface area (Å²) in [6, 6.07) is 30.9. The molecule has 0 radical (unpaired) electrons. The maximum absolute atomic E-state index is 12.7. The topological polar surface area (TPSA) is 150 Å². The first kappa shape index (κ1) is 31.1. The summed E-state index contributed by atoms with van der Waals surface area (Å²) in [5, 5.41) is 25.9. The van der Waals surface area contributed by atoms with Crippen molar-refractivity contribution in [1.29, 1.82) is 5.26 Å². The van der Waals surface area contributed by atoms with Gasteiger partial charge in [0.2, 0.25) is 5.91 Å². The molecule has 1 atom stereocenters. The Morgan fingerprint density at radius 2 is 1.27 bits per heavy atom. The quantitative estimate of drug-likeness (QED) is 0.151. The van der Waals surface area contributed by atoms with Crippen LogP contribution in [0, 0.1) is 11.3 Å². The minimum Gasteiger partial charge on any atom is -0.493 e. The van der Waals surface area contributed by atoms with Crippen molar-refractivity contribution in [3.8, 4) is 17.6 Å². The fraction of sp³-hybridized carbons (Fsp3) is 0.176. The third kappa shape index (κ3) is 9.63. The Bertz CT molecular complexity index is 1570. The Kier molecular flexibility index (Phi) is 11.3. The van der Waals surface area contributed by atoms with Crippen LogP contribution < -0.4 is 25.4 Å². The Hall–Kier alpha value is -5.82. The molecule has 3 amide bonds. The fourth-order valence-corrected chi connectivity index (χ4v) is 4.19. The molecule has 4 aromatic rings. The van der Waals surface area contributed by atoms with Crippen molar-refractivity contribution < 1.29 is 29.0 Å². The van der Waals surface area contributed by atoms with E-state index in [0.29, 0.717) is 54.4 Å². The largest absolute Gasteiger partial charge is 0.493 e. The van der Waals surface area contributed by atoms with Crippen LogP contribution in [-0.2, 0) is 17.9 Å². The number of carboxylic acid groups (broad SMARTS) is 1. The molecule has 4 rings (SSSR count). The third-order valence-corrected chi connectivity index (χ3v) is 6.53. The first-order chi connectivity index (χ1) is 21.4. The van der Waals surface area contributed by atoms with Crippen LogP contribution in [-0.4, -0.2) is 36.2 Å². The summed E-state index contributed by atoms with van der Waals surface area (Å²) in [5.41, 5.74) is 3.33. The van der Waals surface area contributed by atoms with Crippen LogP contribution >= 0.6 is 0 Å². The molecule has 0 aliphatic rings. The van der Waals surface area contributed by atoms with Gasteiger partial charge in [-0.15, -0.1) is 0 Å². The van der Waals surface area contributed by atoms with Gasteiger partial charge in [-0.3, -0.25) is 9.59 Å². The summed E-state index contributed by atoms with van der Waals surface area (Å²) in [7, 11) is 0. The lowest BCUT2D eigenvalue weighted by atomic mass is 10.1. The second-order valence-corrected chi connectivity index (χ2v) is 9.72. The molecule has 0 aliphatic heterocycles. The van der Waals surface area contributed by atoms with Crippen LogP contribution in [0.5, 0.6) is 11.5 Å². The van der Waals surface area contributed by atoms with Gasteiger partial charge < -0.3 is 30.5 Å². The number of rotatable bonds is 14. The summed E-state index contributed by atoms with van der Waals surface area (Å²) >= 11 is 0. The van der Waals surface area contributed by atoms with E-state index in [4.69, 9.17) is 19.8 Å². The minimum absolute atomic E-state index is 0.210. The summed E-state index contributed by atoms with van der Waals surface area (Å²) < 4.78 is 11.6. The molecule has 44 heavy (non-hydrogen) atoms. The molecular weight excluding hydrogens is 560 g/mol. The van der Waals surface area contributed by atoms with Crippen molar-refractivity contribution in [3.63, 3.8) is 0 Å². The number of nitrogens with zero attached hydrogens (tertiary/aromatic N) is 1. The Morgan fingerprint density at radius 1 is 0.727 bits per heavy atom. The highest BCUT2D eigenvalue weighted by Gasteiger charge is 2.22. The molecule has 10 nitrogen and oxygen atoms in total. The van der Waals surface area contributed by atoms with E-state index in [2.05, 4.69) is 16.0 Å². The molecule has 0 fully saturated rings. The zero-order chi connectivity index (χ0) is 31.1. The number of carbonyl (C=O) groups excluding carboxylic acids is 2. The van der Waals surface area contributed by atoms with E-state index in [1.165, 1.54) is 0 Å². The predicted molar refractivity (Wildman–Crippen MR) is 163 cm³/mol. The molecule has 0 heterocycles. The summed E-state index contributed by atoms with van der Waals surface area (Å²) in [4.78, 5) is 36.1. The van der Waals surface area contributed by atoms with Crippen LogP contribution in [0.25, 0.3) is 0 Å². The molecule has 1 unspecified atom stereocenters. The number of benzene rings is 4. The molecule has 0 bridgehead atoms. The molecule has 10 heteroatoms. The first-order valence-electron chi connectivity index (χ1n) is 14.0. The minimum atomic E-state index is -1.28. The van der Waals surface area contributed by atoms with Gasteiger partial charge in [-0.25, -0.2) is 4.79 Å². The standard InChI is InChI=1S/C34H32N4O6/c35-21-24-7-13-28(14-8-24)32(39)36-22-25-9-15-29(16-10-25)43-19-4-20-44-30-17-11-26(12-18-30)23-37-33(40)31(38-34(41)42)27-5-2-1-3-6-27/h1-3,5-18,31,38H,4,19-20,22-23H2,(H,36,39)(H,37,40)(H,41,42). The van der Waals surface area contributed by atoms with E-state index in [-0.39, 0.29) is 12.5 Å². The van der Waals surface area contributed by atoms with Crippen molar-refractivity contribution >= 4 is 17.9 Å². The van der Waals surface area contributed by atoms with Gasteiger partial charge in [-0.1, -0.05) is 54.6 Å². The highest BCUT2D eigenvalue weighted by Crippen LogP contribution is 2.16. The highest BCUT2D eigenvalue weighted by molar-refractivity contribution is 5.94. The number of amides is 3. The molecule has 0 spiro atoms. The van der Waals surface area contributed by atoms with E-state index in [0.717, 1.165) is 11.1 Å². The van der Waals surface area contributed by atoms with Crippen molar-refractivity contribution in [1.82, 2.24) is 16.0 Å². The molecule has 0 saturated heterocycles. The zero-order valence-electron chi connectivity index (χ0n) is 23.9. The Balaban J connectivity index is 1.13. The molecule has 0 saturated carbocycles. The lowest BCUT2D eigenvalue weighted by Gasteiger charge is -2.17. The number of nitriles is 1. The molecule has 224 valence electrons. The van der Waals surface area contributed by atoms with Crippen molar-refractivity contribution in [3.05, 3.63) is 131 Å². The second kappa shape index (κ2) is 16.0. The third-order valence-electron chi connectivity index (χ3n) is 6.53. The van der Waals surface area contributed by atoms with Crippen molar-refractivity contribution in [2.75, 3.05) is 13.2 Å². The molecule has 4 aromatic carbocycles. The van der Waals surface area contributed by atoms with Gasteiger partial charge in [-0.2, -0.15) is 5.26 Å². The number of hydrogen-bond donors (Lipinski definition) is 4. The van der Waals surface area contributed by atoms with Gasteiger partial charge in [0.15, 0.2) is 0 Å². The molecule has 0 aromatic heterocycles. The SMILES string of the molecule is N#Cc1ccc(C(=O)NCc2ccc(OCCCOc3ccc(CNC(=O)C(NC(=O)O)c4ccccc4)cc3)cc2)cc1. The van der Waals surface area contributed by atoms with Crippen molar-refractivity contribution in [2.24, 2.45) is 0 Å². The molecule has 4 N–H and O–H groups in total. The lowest BCUT2D eigenvalue weighted by Crippen LogP contribution is -2.39. The van der Waals surface area contributed by atoms with Gasteiger partial charge in [0.25, 0.3) is 5.91 Å². The summed E-state index contributed by atoms with van der Waals surface area (Å²) in [5.74, 6) is 0.743. The smallest absolute Gasteiger partial charge is 0.405 e. The van der Waals surface area contributed by atoms with Gasteiger partial charge in [0.05, 0.1) is 24.8 Å². The van der Waals surface area contributed by atoms with Crippen LogP contribution in [0.1, 0.15) is 45.1 Å². The zero-order valence-corrected chi connectivity index (χ0v) is 23.9. The maximum atomic E-state index is 12.7. The number of ether oxygens (including phenoxy) is 2. The van der Waals surface area contributed by atoms with E-state index in [1.807, 2.05) is 54.6 Å². The van der Waals surface area contributed by atoms with Crippen LogP contribution in [0.3, 0.4) is 0 Å². The lowest BCUT2D eigenvalue weighted by molar-refractivity contribution is -0.123. The van der Waals surface area contributed by atoms with Gasteiger partial charge in [-0.05, 0) is 65.2 Å². The number of hydrogen-bond acceptors (Lipinski definition) is 6. The monoisotopic (exact) mass is 592 g/mol. The van der Waals surface area contributed by atoms with Crippen LogP contribution in [0.15, 0.2) is 103 Å². The predicted octanol–water partition coefficient (Wildman–Crippen LogP) is 4.96. The summed E-state index contributed by atoms with van der Waals surface area (Å²) in [6.07, 6.45) is -0.615. The Morgan fingerprint density at radius 3 is 1.80 bits per heavy atom. The average Bonchev–Trinajstić information content (AvgIpc) is 3.06. The van der Waals surface area contributed by atoms with Crippen molar-refractivity contribution in [2.45, 2.75) is 25.6 Å². The van der Waals surface area contributed by atoms with Gasteiger partial charge in [0.1, 0.15) is 17.5 Å². The van der Waals surface area contributed by atoms with Gasteiger partial charge in [0, 0.05) is 25.1 Å². The fourth-order valence-electron chi connectivity index (χ4n) is 4.19. The van der Waals surface area contributed by atoms with E-state index >= 15 is 0 Å². The second-order valence-electron chi connectivity index (χ2n) is 9.72. The highest BCUT2D eigenvalue weighted by atomic mass is 16.5. The first-order valence-corrected chi connectivity index (χ1v) is 14.0. The van der Waals surface area contributed by atoms with Gasteiger partial charge >= 0.3 is 6.09 Å². The van der Waals surface area contributed by atoms with Crippen LogP contribution in [0.4, 0.5) is 4.79 Å². The average molecular weight is 593 g/mol. The number of carbonyl (C=O) groups is 3. The van der Waals surface area contributed by atoms with E-state index in [1.54, 1.807) is 54.6 Å². The molecule has 0 aliphatic carbocycles. The Labute approximate surface area is 255 Å². The van der Waals surface area contributed by atoms with E-state index < -0.39 is 18.0 Å². The molecular formula is C34H32N4O6. The van der Waals surface area contributed by atoms with E-state index in [9.17, 15) is 14.4 Å². The summed E-state index contributed by atoms with van der Waals surface area (Å²) in [6.45, 7) is 1.52. The maximum Gasteiger partial charge on any atom is 0.405 e. The normalized spacial score (nSPS) is 11.0. The van der Waals surface area contributed by atoms with Crippen LogP contribution in [0.2, 0.25) is 0 Å². The number of nitrogens with one attached hydrogen (secondary N) is 3.